The van der Waals surface area contributed by atoms with E-state index in [2.05, 4.69) is 5.32 Å². The number of thiophene rings is 1. The van der Waals surface area contributed by atoms with Crippen LogP contribution in [0.5, 0.6) is 0 Å². The van der Waals surface area contributed by atoms with Gasteiger partial charge in [-0.2, -0.15) is 5.26 Å². The minimum absolute atomic E-state index is 0.131. The standard InChI is InChI=1S/C19H21N3O4S/c1-6-25-19(24)16-11(2)12(3)27-18(16)21-17(23)13(10-20)9-14-7-8-15(26-14)22(4)5/h7-9H,6H2,1-5H3,(H,21,23)/b13-9+. The van der Waals surface area contributed by atoms with Crippen molar-refractivity contribution in [1.29, 1.82) is 5.26 Å². The molecule has 1 amide bonds. The molecular formula is C19H21N3O4S. The molecule has 0 spiro atoms. The summed E-state index contributed by atoms with van der Waals surface area (Å²) in [5.74, 6) is -0.131. The van der Waals surface area contributed by atoms with Crippen LogP contribution in [0, 0.1) is 25.2 Å². The molecule has 0 unspecified atom stereocenters. The Morgan fingerprint density at radius 1 is 1.37 bits per heavy atom. The second kappa shape index (κ2) is 8.56. The largest absolute Gasteiger partial charge is 0.462 e. The third-order valence-corrected chi connectivity index (χ3v) is 4.92. The zero-order valence-corrected chi connectivity index (χ0v) is 16.7. The van der Waals surface area contributed by atoms with E-state index < -0.39 is 11.9 Å². The van der Waals surface area contributed by atoms with Crippen LogP contribution in [-0.4, -0.2) is 32.6 Å². The highest BCUT2D eigenvalue weighted by Crippen LogP contribution is 2.33. The lowest BCUT2D eigenvalue weighted by molar-refractivity contribution is -0.112. The van der Waals surface area contributed by atoms with Crippen molar-refractivity contribution in [2.75, 3.05) is 30.9 Å². The Bertz CT molecular complexity index is 931. The number of nitriles is 1. The van der Waals surface area contributed by atoms with Gasteiger partial charge in [0.2, 0.25) is 0 Å². The fraction of sp³-hybridized carbons (Fsp3) is 0.316. The van der Waals surface area contributed by atoms with Gasteiger partial charge < -0.3 is 19.4 Å². The van der Waals surface area contributed by atoms with E-state index in [4.69, 9.17) is 9.15 Å². The molecule has 0 atom stereocenters. The number of aryl methyl sites for hydroxylation is 1. The van der Waals surface area contributed by atoms with Crippen molar-refractivity contribution in [2.24, 2.45) is 0 Å². The van der Waals surface area contributed by atoms with Gasteiger partial charge in [-0.15, -0.1) is 11.3 Å². The van der Waals surface area contributed by atoms with E-state index in [1.54, 1.807) is 30.9 Å². The number of nitrogens with zero attached hydrogens (tertiary/aromatic N) is 2. The molecule has 1 N–H and O–H groups in total. The summed E-state index contributed by atoms with van der Waals surface area (Å²) >= 11 is 1.27. The van der Waals surface area contributed by atoms with Crippen LogP contribution in [0.4, 0.5) is 10.9 Å². The summed E-state index contributed by atoms with van der Waals surface area (Å²) in [6.45, 7) is 5.59. The molecule has 8 heteroatoms. The van der Waals surface area contributed by atoms with Crippen molar-refractivity contribution in [3.63, 3.8) is 0 Å². The van der Waals surface area contributed by atoms with Gasteiger partial charge in [0.05, 0.1) is 12.2 Å². The third kappa shape index (κ3) is 4.57. The summed E-state index contributed by atoms with van der Waals surface area (Å²) in [6, 6.07) is 5.28. The second-order valence-corrected chi connectivity index (χ2v) is 7.13. The Labute approximate surface area is 161 Å². The molecule has 0 fully saturated rings. The summed E-state index contributed by atoms with van der Waals surface area (Å²) in [5.41, 5.74) is 0.934. The van der Waals surface area contributed by atoms with Crippen LogP contribution in [0.25, 0.3) is 6.08 Å². The minimum Gasteiger partial charge on any atom is -0.462 e. The Hall–Kier alpha value is -3.05. The Balaban J connectivity index is 2.29. The molecular weight excluding hydrogens is 366 g/mol. The molecule has 2 aromatic heterocycles. The van der Waals surface area contributed by atoms with Gasteiger partial charge in [-0.1, -0.05) is 0 Å². The molecule has 0 saturated heterocycles. The van der Waals surface area contributed by atoms with Crippen LogP contribution in [0.15, 0.2) is 22.1 Å². The zero-order valence-electron chi connectivity index (χ0n) is 15.9. The van der Waals surface area contributed by atoms with Crippen molar-refractivity contribution in [1.82, 2.24) is 0 Å². The van der Waals surface area contributed by atoms with E-state index in [-0.39, 0.29) is 12.2 Å². The number of anilines is 2. The molecule has 7 nitrogen and oxygen atoms in total. The first-order valence-corrected chi connectivity index (χ1v) is 9.07. The summed E-state index contributed by atoms with van der Waals surface area (Å²) in [5, 5.41) is 12.4. The number of carbonyl (C=O) groups is 2. The molecule has 27 heavy (non-hydrogen) atoms. The SMILES string of the molecule is CCOC(=O)c1c(NC(=O)/C(C#N)=C/c2ccc(N(C)C)o2)sc(C)c1C. The fourth-order valence-corrected chi connectivity index (χ4v) is 3.33. The highest BCUT2D eigenvalue weighted by atomic mass is 32.1. The average molecular weight is 387 g/mol. The number of esters is 1. The monoisotopic (exact) mass is 387 g/mol. The first kappa shape index (κ1) is 20.3. The summed E-state index contributed by atoms with van der Waals surface area (Å²) in [6.07, 6.45) is 1.36. The van der Waals surface area contributed by atoms with Gasteiger partial charge in [-0.25, -0.2) is 4.79 Å². The predicted molar refractivity (Wildman–Crippen MR) is 105 cm³/mol. The van der Waals surface area contributed by atoms with Crippen molar-refractivity contribution in [3.8, 4) is 6.07 Å². The maximum absolute atomic E-state index is 12.5. The van der Waals surface area contributed by atoms with E-state index in [0.717, 1.165) is 10.4 Å². The molecule has 0 aliphatic heterocycles. The van der Waals surface area contributed by atoms with Gasteiger partial charge in [0.1, 0.15) is 22.4 Å². The number of hydrogen-bond donors (Lipinski definition) is 1. The van der Waals surface area contributed by atoms with Crippen molar-refractivity contribution in [3.05, 3.63) is 39.5 Å². The fourth-order valence-electron chi connectivity index (χ4n) is 2.29. The number of furan rings is 1. The summed E-state index contributed by atoms with van der Waals surface area (Å²) in [4.78, 5) is 27.4. The quantitative estimate of drug-likeness (QED) is 0.461. The molecule has 2 aromatic rings. The van der Waals surface area contributed by atoms with E-state index in [1.807, 2.05) is 27.1 Å². The number of carbonyl (C=O) groups excluding carboxylic acids is 2. The van der Waals surface area contributed by atoms with Crippen LogP contribution in [-0.2, 0) is 9.53 Å². The van der Waals surface area contributed by atoms with Gasteiger partial charge in [-0.05, 0) is 32.4 Å². The summed E-state index contributed by atoms with van der Waals surface area (Å²) < 4.78 is 10.6. The molecule has 0 radical (unpaired) electrons. The maximum atomic E-state index is 12.5. The normalized spacial score (nSPS) is 11.0. The Kier molecular flexibility index (Phi) is 6.42. The van der Waals surface area contributed by atoms with Gasteiger partial charge >= 0.3 is 5.97 Å². The number of amides is 1. The first-order chi connectivity index (χ1) is 12.8. The van der Waals surface area contributed by atoms with Crippen LogP contribution in [0.3, 0.4) is 0 Å². The van der Waals surface area contributed by atoms with Crippen molar-refractivity contribution < 1.29 is 18.7 Å². The lowest BCUT2D eigenvalue weighted by atomic mass is 10.1. The Morgan fingerprint density at radius 3 is 2.63 bits per heavy atom. The van der Waals surface area contributed by atoms with Crippen LogP contribution in [0.2, 0.25) is 0 Å². The van der Waals surface area contributed by atoms with Gasteiger partial charge in [0, 0.05) is 31.1 Å². The molecule has 2 heterocycles. The van der Waals surface area contributed by atoms with E-state index >= 15 is 0 Å². The van der Waals surface area contributed by atoms with Gasteiger partial charge in [0.25, 0.3) is 5.91 Å². The van der Waals surface area contributed by atoms with Gasteiger partial charge in [-0.3, -0.25) is 4.79 Å². The molecule has 0 saturated carbocycles. The van der Waals surface area contributed by atoms with E-state index in [0.29, 0.717) is 22.2 Å². The maximum Gasteiger partial charge on any atom is 0.341 e. The smallest absolute Gasteiger partial charge is 0.341 e. The molecule has 142 valence electrons. The minimum atomic E-state index is -0.618. The van der Waals surface area contributed by atoms with Crippen LogP contribution < -0.4 is 10.2 Å². The highest BCUT2D eigenvalue weighted by molar-refractivity contribution is 7.16. The summed E-state index contributed by atoms with van der Waals surface area (Å²) in [7, 11) is 3.64. The molecule has 0 bridgehead atoms. The lowest BCUT2D eigenvalue weighted by Crippen LogP contribution is -2.16. The first-order valence-electron chi connectivity index (χ1n) is 8.25. The number of nitrogens with one attached hydrogen (secondary N) is 1. The zero-order chi connectivity index (χ0) is 20.1. The third-order valence-electron chi connectivity index (χ3n) is 3.80. The topological polar surface area (TPSA) is 95.6 Å². The number of rotatable bonds is 6. The lowest BCUT2D eigenvalue weighted by Gasteiger charge is -2.07. The predicted octanol–water partition coefficient (Wildman–Crippen LogP) is 3.75. The molecule has 0 aromatic carbocycles. The Morgan fingerprint density at radius 2 is 2.07 bits per heavy atom. The number of ether oxygens (including phenoxy) is 1. The highest BCUT2D eigenvalue weighted by Gasteiger charge is 2.23. The van der Waals surface area contributed by atoms with Crippen LogP contribution >= 0.6 is 11.3 Å². The molecule has 0 aliphatic carbocycles. The van der Waals surface area contributed by atoms with E-state index in [9.17, 15) is 14.9 Å². The van der Waals surface area contributed by atoms with Crippen molar-refractivity contribution in [2.45, 2.75) is 20.8 Å². The van der Waals surface area contributed by atoms with Gasteiger partial charge in [0.15, 0.2) is 5.88 Å². The second-order valence-electron chi connectivity index (χ2n) is 5.90. The average Bonchev–Trinajstić information content (AvgIpc) is 3.18. The molecule has 0 aliphatic rings. The van der Waals surface area contributed by atoms with Crippen LogP contribution in [0.1, 0.15) is 33.5 Å². The van der Waals surface area contributed by atoms with Crippen molar-refractivity contribution >= 4 is 40.2 Å². The van der Waals surface area contributed by atoms with E-state index in [1.165, 1.54) is 17.4 Å². The number of hydrogen-bond acceptors (Lipinski definition) is 7. The molecule has 2 rings (SSSR count).